The molecule has 8 nitrogen and oxygen atoms in total. The first-order valence-corrected chi connectivity index (χ1v) is 5.90. The van der Waals surface area contributed by atoms with Crippen molar-refractivity contribution in [1.29, 1.82) is 0 Å². The van der Waals surface area contributed by atoms with E-state index in [-0.39, 0.29) is 11.6 Å². The zero-order chi connectivity index (χ0) is 14.7. The second-order valence-electron chi connectivity index (χ2n) is 4.27. The summed E-state index contributed by atoms with van der Waals surface area (Å²) in [5, 5.41) is 17.0. The van der Waals surface area contributed by atoms with Crippen molar-refractivity contribution in [3.63, 3.8) is 0 Å². The van der Waals surface area contributed by atoms with Crippen molar-refractivity contribution in [2.24, 2.45) is 0 Å². The molecule has 1 atom stereocenters. The van der Waals surface area contributed by atoms with Crippen molar-refractivity contribution in [3.8, 4) is 0 Å². The summed E-state index contributed by atoms with van der Waals surface area (Å²) in [6, 6.07) is 4.59. The summed E-state index contributed by atoms with van der Waals surface area (Å²) < 4.78 is 1.24. The molecule has 0 unspecified atom stereocenters. The third kappa shape index (κ3) is 2.97. The van der Waals surface area contributed by atoms with E-state index in [2.05, 4.69) is 15.4 Å². The lowest BCUT2D eigenvalue weighted by Crippen LogP contribution is -2.24. The zero-order valence-electron chi connectivity index (χ0n) is 11.0. The summed E-state index contributed by atoms with van der Waals surface area (Å²) in [6.07, 6.45) is 2.32. The van der Waals surface area contributed by atoms with Crippen LogP contribution >= 0.6 is 0 Å². The molecule has 2 rings (SSSR count). The van der Waals surface area contributed by atoms with E-state index in [1.165, 1.54) is 10.9 Å². The Morgan fingerprint density at radius 2 is 2.25 bits per heavy atom. The molecule has 0 bridgehead atoms. The van der Waals surface area contributed by atoms with Crippen molar-refractivity contribution in [2.75, 3.05) is 5.32 Å². The first kappa shape index (κ1) is 13.7. The van der Waals surface area contributed by atoms with Gasteiger partial charge in [0.2, 0.25) is 5.91 Å². The van der Waals surface area contributed by atoms with Crippen LogP contribution in [0.3, 0.4) is 0 Å². The number of anilines is 1. The summed E-state index contributed by atoms with van der Waals surface area (Å²) >= 11 is 0. The Bertz CT molecular complexity index is 652. The van der Waals surface area contributed by atoms with Gasteiger partial charge in [0.15, 0.2) is 0 Å². The minimum absolute atomic E-state index is 0.154. The number of carbonyl (C=O) groups excluding carboxylic acids is 1. The molecule has 0 fully saturated rings. The predicted octanol–water partition coefficient (Wildman–Crippen LogP) is 1.69. The highest BCUT2D eigenvalue weighted by Gasteiger charge is 2.19. The van der Waals surface area contributed by atoms with Crippen molar-refractivity contribution in [3.05, 3.63) is 46.4 Å². The number of hydrogen-bond acceptors (Lipinski definition) is 5. The summed E-state index contributed by atoms with van der Waals surface area (Å²) in [7, 11) is 0. The Morgan fingerprint density at radius 1 is 1.50 bits per heavy atom. The molecular formula is C12H13N5O3. The quantitative estimate of drug-likeness (QED) is 0.675. The summed E-state index contributed by atoms with van der Waals surface area (Å²) in [6.45, 7) is 3.41. The molecule has 0 aliphatic carbocycles. The van der Waals surface area contributed by atoms with Gasteiger partial charge < -0.3 is 5.32 Å². The minimum atomic E-state index is -0.675. The number of nitrogens with zero attached hydrogens (tertiary/aromatic N) is 4. The fraction of sp³-hybridized carbons (Fsp3) is 0.250. The molecule has 1 N–H and O–H groups in total. The van der Waals surface area contributed by atoms with Crippen LogP contribution in [0.2, 0.25) is 0 Å². The predicted molar refractivity (Wildman–Crippen MR) is 71.2 cm³/mol. The van der Waals surface area contributed by atoms with Crippen molar-refractivity contribution >= 4 is 17.4 Å². The maximum absolute atomic E-state index is 12.0. The molecule has 20 heavy (non-hydrogen) atoms. The monoisotopic (exact) mass is 275 g/mol. The van der Waals surface area contributed by atoms with Crippen LogP contribution in [-0.2, 0) is 4.79 Å². The fourth-order valence-corrected chi connectivity index (χ4v) is 1.60. The lowest BCUT2D eigenvalue weighted by molar-refractivity contribution is -0.385. The second-order valence-corrected chi connectivity index (χ2v) is 4.27. The topological polar surface area (TPSA) is 103 Å². The molecule has 0 saturated heterocycles. The largest absolute Gasteiger partial charge is 0.309 e. The molecule has 0 aliphatic heterocycles. The Hall–Kier alpha value is -2.77. The van der Waals surface area contributed by atoms with Crippen LogP contribution in [0, 0.1) is 17.0 Å². The van der Waals surface area contributed by atoms with Crippen LogP contribution in [0.15, 0.2) is 30.6 Å². The third-order valence-corrected chi connectivity index (χ3v) is 2.71. The Labute approximate surface area is 114 Å². The third-order valence-electron chi connectivity index (χ3n) is 2.71. The smallest absolute Gasteiger partial charge is 0.307 e. The van der Waals surface area contributed by atoms with Gasteiger partial charge in [-0.15, -0.1) is 0 Å². The van der Waals surface area contributed by atoms with Crippen LogP contribution in [-0.4, -0.2) is 25.6 Å². The van der Waals surface area contributed by atoms with Crippen molar-refractivity contribution < 1.29 is 9.72 Å². The molecule has 0 aromatic carbocycles. The molecule has 104 valence electrons. The number of nitro groups is 1. The average Bonchev–Trinajstić information content (AvgIpc) is 2.87. The molecule has 0 aliphatic rings. The maximum Gasteiger partial charge on any atom is 0.307 e. The highest BCUT2D eigenvalue weighted by atomic mass is 16.6. The average molecular weight is 275 g/mol. The maximum atomic E-state index is 12.0. The van der Waals surface area contributed by atoms with Crippen LogP contribution in [0.1, 0.15) is 18.7 Å². The number of nitrogens with one attached hydrogen (secondary N) is 1. The van der Waals surface area contributed by atoms with E-state index in [1.54, 1.807) is 19.1 Å². The Balaban J connectivity index is 2.10. The van der Waals surface area contributed by atoms with Gasteiger partial charge in [0.1, 0.15) is 24.3 Å². The van der Waals surface area contributed by atoms with E-state index >= 15 is 0 Å². The van der Waals surface area contributed by atoms with Crippen LogP contribution in [0.4, 0.5) is 11.5 Å². The van der Waals surface area contributed by atoms with Gasteiger partial charge in [0, 0.05) is 5.69 Å². The van der Waals surface area contributed by atoms with Crippen molar-refractivity contribution in [1.82, 2.24) is 14.8 Å². The number of aryl methyl sites for hydroxylation is 1. The molecule has 0 spiro atoms. The highest BCUT2D eigenvalue weighted by molar-refractivity contribution is 5.92. The van der Waals surface area contributed by atoms with Gasteiger partial charge in [-0.2, -0.15) is 5.10 Å². The van der Waals surface area contributed by atoms with Crippen LogP contribution < -0.4 is 5.32 Å². The van der Waals surface area contributed by atoms with Gasteiger partial charge in [-0.3, -0.25) is 19.6 Å². The van der Waals surface area contributed by atoms with Gasteiger partial charge in [-0.1, -0.05) is 6.07 Å². The van der Waals surface area contributed by atoms with Gasteiger partial charge >= 0.3 is 5.69 Å². The van der Waals surface area contributed by atoms with E-state index in [1.807, 2.05) is 13.0 Å². The molecule has 1 amide bonds. The van der Waals surface area contributed by atoms with Crippen LogP contribution in [0.25, 0.3) is 0 Å². The molecule has 0 radical (unpaired) electrons. The van der Waals surface area contributed by atoms with Gasteiger partial charge in [0.25, 0.3) is 0 Å². The van der Waals surface area contributed by atoms with E-state index in [0.29, 0.717) is 5.82 Å². The Morgan fingerprint density at radius 3 is 2.85 bits per heavy atom. The molecule has 0 saturated carbocycles. The molecule has 2 aromatic heterocycles. The molecular weight excluding hydrogens is 262 g/mol. The fourth-order valence-electron chi connectivity index (χ4n) is 1.60. The minimum Gasteiger partial charge on any atom is -0.309 e. The first-order valence-electron chi connectivity index (χ1n) is 5.90. The lowest BCUT2D eigenvalue weighted by atomic mass is 10.3. The number of carbonyl (C=O) groups is 1. The number of aromatic nitrogens is 3. The van der Waals surface area contributed by atoms with Crippen molar-refractivity contribution in [2.45, 2.75) is 19.9 Å². The highest BCUT2D eigenvalue weighted by Crippen LogP contribution is 2.14. The first-order chi connectivity index (χ1) is 9.47. The number of pyridine rings is 1. The van der Waals surface area contributed by atoms with Gasteiger partial charge in [-0.05, 0) is 26.0 Å². The van der Waals surface area contributed by atoms with E-state index < -0.39 is 11.0 Å². The SMILES string of the molecule is Cc1cccc(NC(=O)[C@@H](C)n2cc([N+](=O)[O-])cn2)n1. The standard InChI is InChI=1S/C12H13N5O3/c1-8-4-3-5-11(14-8)15-12(18)9(2)16-7-10(6-13-16)17(19)20/h3-7,9H,1-2H3,(H,14,15,18)/t9-/m1/s1. The van der Waals surface area contributed by atoms with E-state index in [9.17, 15) is 14.9 Å². The van der Waals surface area contributed by atoms with Gasteiger partial charge in [0.05, 0.1) is 4.92 Å². The Kier molecular flexibility index (Phi) is 3.74. The normalized spacial score (nSPS) is 11.9. The summed E-state index contributed by atoms with van der Waals surface area (Å²) in [4.78, 5) is 26.2. The molecule has 2 heterocycles. The second kappa shape index (κ2) is 5.47. The number of rotatable bonds is 4. The summed E-state index contributed by atoms with van der Waals surface area (Å²) in [5.41, 5.74) is 0.628. The zero-order valence-corrected chi connectivity index (χ0v) is 11.0. The lowest BCUT2D eigenvalue weighted by Gasteiger charge is -2.11. The van der Waals surface area contributed by atoms with Crippen LogP contribution in [0.5, 0.6) is 0 Å². The number of amides is 1. The number of hydrogen-bond donors (Lipinski definition) is 1. The molecule has 2 aromatic rings. The van der Waals surface area contributed by atoms with E-state index in [4.69, 9.17) is 0 Å². The van der Waals surface area contributed by atoms with E-state index in [0.717, 1.165) is 11.9 Å². The summed E-state index contributed by atoms with van der Waals surface area (Å²) in [5.74, 6) is 0.0876. The van der Waals surface area contributed by atoms with Gasteiger partial charge in [-0.25, -0.2) is 4.98 Å². The molecule has 8 heteroatoms.